The molecule has 0 radical (unpaired) electrons. The highest BCUT2D eigenvalue weighted by atomic mass is 19.1. The molecule has 2 saturated heterocycles. The molecule has 8 heteroatoms. The Bertz CT molecular complexity index is 1200. The zero-order valence-corrected chi connectivity index (χ0v) is 21.1. The van der Waals surface area contributed by atoms with Crippen molar-refractivity contribution in [2.24, 2.45) is 7.05 Å². The van der Waals surface area contributed by atoms with Crippen LogP contribution in [0.1, 0.15) is 43.0 Å². The number of nitrogens with one attached hydrogen (secondary N) is 1. The van der Waals surface area contributed by atoms with Gasteiger partial charge in [-0.2, -0.15) is 5.10 Å². The van der Waals surface area contributed by atoms with Gasteiger partial charge in [-0.25, -0.2) is 9.37 Å². The lowest BCUT2D eigenvalue weighted by Crippen LogP contribution is -2.53. The van der Waals surface area contributed by atoms with Crippen LogP contribution in [0.3, 0.4) is 0 Å². The van der Waals surface area contributed by atoms with Crippen LogP contribution in [0.5, 0.6) is 0 Å². The molecule has 4 heterocycles. The van der Waals surface area contributed by atoms with E-state index in [1.54, 1.807) is 6.07 Å². The van der Waals surface area contributed by atoms with Gasteiger partial charge < -0.3 is 20.1 Å². The predicted molar refractivity (Wildman–Crippen MR) is 136 cm³/mol. The van der Waals surface area contributed by atoms with E-state index in [1.165, 1.54) is 0 Å². The average molecular weight is 482 g/mol. The molecule has 2 N–H and O–H groups in total. The summed E-state index contributed by atoms with van der Waals surface area (Å²) in [4.78, 5) is 7.20. The number of piperidine rings is 1. The number of hydrogen-bond acceptors (Lipinski definition) is 6. The normalized spacial score (nSPS) is 21.7. The quantitative estimate of drug-likeness (QED) is 0.579. The fourth-order valence-electron chi connectivity index (χ4n) is 5.42. The standard InChI is InChI=1S/C27H36FN5O2/c1-5-18-13-20-17(3)25(23-12-16(2)32(4)31-23)27(30-26(20)21(28)14-18)33-9-6-19(7-10-33)29-22-8-11-35-15-24(22)34/h12-14,19,22,24,29,34H,5-11,15H2,1-4H3/t22-,24-/m0/s1. The summed E-state index contributed by atoms with van der Waals surface area (Å²) in [6.45, 7) is 8.84. The molecule has 0 spiro atoms. The molecule has 0 saturated carbocycles. The minimum atomic E-state index is -0.457. The summed E-state index contributed by atoms with van der Waals surface area (Å²) in [6.07, 6.45) is 3.01. The molecule has 2 aliphatic heterocycles. The Morgan fingerprint density at radius 1 is 1.17 bits per heavy atom. The van der Waals surface area contributed by atoms with Crippen LogP contribution in [0.4, 0.5) is 10.2 Å². The van der Waals surface area contributed by atoms with Gasteiger partial charge in [-0.1, -0.05) is 6.92 Å². The molecular formula is C27H36FN5O2. The van der Waals surface area contributed by atoms with E-state index in [0.717, 1.165) is 78.1 Å². The minimum absolute atomic E-state index is 0.0789. The largest absolute Gasteiger partial charge is 0.389 e. The van der Waals surface area contributed by atoms with Crippen molar-refractivity contribution in [3.63, 3.8) is 0 Å². The van der Waals surface area contributed by atoms with Gasteiger partial charge in [0, 0.05) is 55.5 Å². The van der Waals surface area contributed by atoms with Gasteiger partial charge in [0.25, 0.3) is 0 Å². The number of anilines is 1. The Morgan fingerprint density at radius 2 is 1.94 bits per heavy atom. The molecule has 7 nitrogen and oxygen atoms in total. The molecule has 0 amide bonds. The van der Waals surface area contributed by atoms with E-state index in [4.69, 9.17) is 14.8 Å². The smallest absolute Gasteiger partial charge is 0.149 e. The van der Waals surface area contributed by atoms with E-state index in [0.29, 0.717) is 24.8 Å². The summed E-state index contributed by atoms with van der Waals surface area (Å²) in [5, 5.41) is 19.5. The molecule has 2 aliphatic rings. The number of pyridine rings is 1. The van der Waals surface area contributed by atoms with Gasteiger partial charge in [-0.3, -0.25) is 4.68 Å². The predicted octanol–water partition coefficient (Wildman–Crippen LogP) is 3.66. The van der Waals surface area contributed by atoms with Gasteiger partial charge in [0.15, 0.2) is 0 Å². The Labute approximate surface area is 206 Å². The molecule has 0 aliphatic carbocycles. The van der Waals surface area contributed by atoms with E-state index in [1.807, 2.05) is 25.6 Å². The van der Waals surface area contributed by atoms with Crippen LogP contribution in [0.15, 0.2) is 18.2 Å². The zero-order chi connectivity index (χ0) is 24.7. The van der Waals surface area contributed by atoms with Crippen LogP contribution < -0.4 is 10.2 Å². The van der Waals surface area contributed by atoms with Crippen LogP contribution in [0, 0.1) is 19.7 Å². The van der Waals surface area contributed by atoms with Crippen molar-refractivity contribution >= 4 is 16.7 Å². The van der Waals surface area contributed by atoms with Crippen LogP contribution in [-0.4, -0.2) is 64.4 Å². The highest BCUT2D eigenvalue weighted by Crippen LogP contribution is 2.38. The summed E-state index contributed by atoms with van der Waals surface area (Å²) in [5.74, 6) is 0.540. The van der Waals surface area contributed by atoms with Crippen molar-refractivity contribution in [2.75, 3.05) is 31.2 Å². The van der Waals surface area contributed by atoms with Crippen LogP contribution in [0.2, 0.25) is 0 Å². The third kappa shape index (κ3) is 4.67. The molecule has 3 aromatic rings. The third-order valence-electron chi connectivity index (χ3n) is 7.69. The molecule has 2 aromatic heterocycles. The van der Waals surface area contributed by atoms with Crippen molar-refractivity contribution in [1.29, 1.82) is 0 Å². The maximum Gasteiger partial charge on any atom is 0.149 e. The summed E-state index contributed by atoms with van der Waals surface area (Å²) < 4.78 is 22.4. The SMILES string of the molecule is CCc1cc(F)c2nc(N3CCC(N[C@H]4CCOC[C@@H]4O)CC3)c(-c3cc(C)n(C)n3)c(C)c2c1. The average Bonchev–Trinajstić information content (AvgIpc) is 3.18. The second-order valence-electron chi connectivity index (χ2n) is 10.0. The third-order valence-corrected chi connectivity index (χ3v) is 7.69. The number of hydrogen-bond donors (Lipinski definition) is 2. The number of aryl methyl sites for hydroxylation is 4. The number of aliphatic hydroxyl groups is 1. The number of ether oxygens (including phenoxy) is 1. The summed E-state index contributed by atoms with van der Waals surface area (Å²) in [6, 6.07) is 6.17. The van der Waals surface area contributed by atoms with Crippen molar-refractivity contribution in [3.05, 3.63) is 40.8 Å². The first-order chi connectivity index (χ1) is 16.9. The monoisotopic (exact) mass is 481 g/mol. The molecule has 188 valence electrons. The topological polar surface area (TPSA) is 75.4 Å². The van der Waals surface area contributed by atoms with Gasteiger partial charge in [0.2, 0.25) is 0 Å². The number of fused-ring (bicyclic) bond motifs is 1. The highest BCUT2D eigenvalue weighted by molar-refractivity contribution is 5.94. The van der Waals surface area contributed by atoms with Crippen LogP contribution in [0.25, 0.3) is 22.2 Å². The van der Waals surface area contributed by atoms with E-state index >= 15 is 4.39 Å². The number of aliphatic hydroxyl groups excluding tert-OH is 1. The fourth-order valence-corrected chi connectivity index (χ4v) is 5.42. The number of rotatable bonds is 5. The van der Waals surface area contributed by atoms with Crippen molar-refractivity contribution in [1.82, 2.24) is 20.1 Å². The van der Waals surface area contributed by atoms with Gasteiger partial charge >= 0.3 is 0 Å². The van der Waals surface area contributed by atoms with E-state index in [-0.39, 0.29) is 11.9 Å². The van der Waals surface area contributed by atoms with Crippen LogP contribution in [-0.2, 0) is 18.2 Å². The number of benzene rings is 1. The van der Waals surface area contributed by atoms with Crippen molar-refractivity contribution < 1.29 is 14.2 Å². The van der Waals surface area contributed by atoms with E-state index < -0.39 is 6.10 Å². The minimum Gasteiger partial charge on any atom is -0.389 e. The molecular weight excluding hydrogens is 445 g/mol. The van der Waals surface area contributed by atoms with Gasteiger partial charge in [-0.05, 0) is 68.9 Å². The lowest BCUT2D eigenvalue weighted by atomic mass is 9.96. The van der Waals surface area contributed by atoms with E-state index in [2.05, 4.69) is 29.3 Å². The fraction of sp³-hybridized carbons (Fsp3) is 0.556. The van der Waals surface area contributed by atoms with E-state index in [9.17, 15) is 5.11 Å². The first-order valence-corrected chi connectivity index (χ1v) is 12.8. The Kier molecular flexibility index (Phi) is 6.79. The second-order valence-corrected chi connectivity index (χ2v) is 10.0. The van der Waals surface area contributed by atoms with Crippen molar-refractivity contribution in [3.8, 4) is 11.3 Å². The van der Waals surface area contributed by atoms with Gasteiger partial charge in [-0.15, -0.1) is 0 Å². The number of aromatic nitrogens is 3. The molecule has 5 rings (SSSR count). The second kappa shape index (κ2) is 9.84. The van der Waals surface area contributed by atoms with Gasteiger partial charge in [0.05, 0.1) is 18.4 Å². The molecule has 35 heavy (non-hydrogen) atoms. The lowest BCUT2D eigenvalue weighted by molar-refractivity contribution is -0.0309. The lowest BCUT2D eigenvalue weighted by Gasteiger charge is -2.38. The maximum atomic E-state index is 15.2. The number of halogens is 1. The molecule has 0 unspecified atom stereocenters. The van der Waals surface area contributed by atoms with Crippen molar-refractivity contribution in [2.45, 2.75) is 64.6 Å². The highest BCUT2D eigenvalue weighted by Gasteiger charge is 2.30. The Hall–Kier alpha value is -2.55. The molecule has 0 bridgehead atoms. The molecule has 2 fully saturated rings. The summed E-state index contributed by atoms with van der Waals surface area (Å²) in [7, 11) is 1.94. The zero-order valence-electron chi connectivity index (χ0n) is 21.1. The summed E-state index contributed by atoms with van der Waals surface area (Å²) in [5.41, 5.74) is 5.34. The Morgan fingerprint density at radius 3 is 2.60 bits per heavy atom. The molecule has 1 aromatic carbocycles. The number of nitrogens with zero attached hydrogens (tertiary/aromatic N) is 4. The van der Waals surface area contributed by atoms with Gasteiger partial charge in [0.1, 0.15) is 17.2 Å². The first kappa shape index (κ1) is 24.2. The van der Waals surface area contributed by atoms with Crippen LogP contribution >= 0.6 is 0 Å². The Balaban J connectivity index is 1.49. The first-order valence-electron chi connectivity index (χ1n) is 12.8. The maximum absolute atomic E-state index is 15.2. The molecule has 2 atom stereocenters. The summed E-state index contributed by atoms with van der Waals surface area (Å²) >= 11 is 0.